The maximum Gasteiger partial charge on any atom is 0.254 e. The maximum atomic E-state index is 13.0. The molecule has 1 saturated heterocycles. The molecule has 1 amide bonds. The summed E-state index contributed by atoms with van der Waals surface area (Å²) in [5.41, 5.74) is 2.79. The van der Waals surface area contributed by atoms with E-state index in [-0.39, 0.29) is 5.91 Å². The van der Waals surface area contributed by atoms with E-state index >= 15 is 0 Å². The standard InChI is InChI=1S/C20H22N6O2/c1-14-11-18(26-20(23-14)21-13-22-26)24-6-8-25(9-7-24)19(27)16-4-5-17-15(12-16)3-2-10-28-17/h4-5,11-13H,2-3,6-10H2,1H3. The zero-order chi connectivity index (χ0) is 19.1. The van der Waals surface area contributed by atoms with Gasteiger partial charge in [-0.1, -0.05) is 0 Å². The predicted molar refractivity (Wildman–Crippen MR) is 104 cm³/mol. The van der Waals surface area contributed by atoms with E-state index < -0.39 is 0 Å². The summed E-state index contributed by atoms with van der Waals surface area (Å²) >= 11 is 0. The van der Waals surface area contributed by atoms with E-state index in [0.717, 1.165) is 60.9 Å². The molecular formula is C20H22N6O2. The Labute approximate surface area is 162 Å². The number of amides is 1. The molecule has 5 rings (SSSR count). The number of rotatable bonds is 2. The summed E-state index contributed by atoms with van der Waals surface area (Å²) in [6.07, 6.45) is 3.50. The zero-order valence-electron chi connectivity index (χ0n) is 15.8. The Bertz CT molecular complexity index is 1040. The lowest BCUT2D eigenvalue weighted by molar-refractivity contribution is 0.0746. The first-order valence-electron chi connectivity index (χ1n) is 9.66. The predicted octanol–water partition coefficient (Wildman–Crippen LogP) is 1.72. The van der Waals surface area contributed by atoms with Gasteiger partial charge in [-0.15, -0.1) is 0 Å². The number of hydrogen-bond donors (Lipinski definition) is 0. The summed E-state index contributed by atoms with van der Waals surface area (Å²) in [6, 6.07) is 7.82. The van der Waals surface area contributed by atoms with Crippen LogP contribution in [0.5, 0.6) is 5.75 Å². The largest absolute Gasteiger partial charge is 0.493 e. The number of fused-ring (bicyclic) bond motifs is 2. The highest BCUT2D eigenvalue weighted by molar-refractivity contribution is 5.94. The van der Waals surface area contributed by atoms with Gasteiger partial charge in [0.1, 0.15) is 17.9 Å². The molecule has 28 heavy (non-hydrogen) atoms. The van der Waals surface area contributed by atoms with Crippen LogP contribution in [0.25, 0.3) is 5.78 Å². The molecule has 2 aromatic heterocycles. The molecule has 8 heteroatoms. The van der Waals surface area contributed by atoms with E-state index in [9.17, 15) is 4.79 Å². The molecule has 0 unspecified atom stereocenters. The molecule has 0 atom stereocenters. The second-order valence-electron chi connectivity index (χ2n) is 7.28. The fourth-order valence-corrected chi connectivity index (χ4v) is 3.95. The van der Waals surface area contributed by atoms with E-state index in [1.54, 1.807) is 4.52 Å². The molecule has 1 fully saturated rings. The van der Waals surface area contributed by atoms with E-state index in [1.807, 2.05) is 36.1 Å². The number of carbonyl (C=O) groups excluding carboxylic acids is 1. The second-order valence-corrected chi connectivity index (χ2v) is 7.28. The van der Waals surface area contributed by atoms with Gasteiger partial charge in [0.15, 0.2) is 0 Å². The lowest BCUT2D eigenvalue weighted by Gasteiger charge is -2.36. The second kappa shape index (κ2) is 6.78. The van der Waals surface area contributed by atoms with Crippen LogP contribution < -0.4 is 9.64 Å². The third kappa shape index (κ3) is 2.94. The van der Waals surface area contributed by atoms with E-state index in [0.29, 0.717) is 18.9 Å². The lowest BCUT2D eigenvalue weighted by atomic mass is 10.0. The van der Waals surface area contributed by atoms with Gasteiger partial charge < -0.3 is 14.5 Å². The summed E-state index contributed by atoms with van der Waals surface area (Å²) < 4.78 is 7.41. The van der Waals surface area contributed by atoms with Crippen LogP contribution in [0, 0.1) is 6.92 Å². The van der Waals surface area contributed by atoms with Crippen LogP contribution in [0.1, 0.15) is 28.0 Å². The minimum absolute atomic E-state index is 0.0878. The molecule has 2 aliphatic heterocycles. The van der Waals surface area contributed by atoms with Gasteiger partial charge in [0, 0.05) is 43.5 Å². The number of benzene rings is 1. The first kappa shape index (κ1) is 17.0. The smallest absolute Gasteiger partial charge is 0.254 e. The fourth-order valence-electron chi connectivity index (χ4n) is 3.95. The van der Waals surface area contributed by atoms with E-state index in [2.05, 4.69) is 20.0 Å². The number of anilines is 1. The molecule has 0 bridgehead atoms. The Hall–Kier alpha value is -3.16. The van der Waals surface area contributed by atoms with Gasteiger partial charge in [-0.05, 0) is 43.5 Å². The van der Waals surface area contributed by atoms with Crippen molar-refractivity contribution < 1.29 is 9.53 Å². The third-order valence-electron chi connectivity index (χ3n) is 5.41. The molecule has 8 nitrogen and oxygen atoms in total. The monoisotopic (exact) mass is 378 g/mol. The Balaban J connectivity index is 1.31. The van der Waals surface area contributed by atoms with Gasteiger partial charge in [-0.3, -0.25) is 4.79 Å². The highest BCUT2D eigenvalue weighted by Crippen LogP contribution is 2.26. The van der Waals surface area contributed by atoms with Crippen LogP contribution in [0.15, 0.2) is 30.6 Å². The molecule has 0 spiro atoms. The molecule has 3 aromatic rings. The van der Waals surface area contributed by atoms with Crippen molar-refractivity contribution >= 4 is 17.5 Å². The number of piperazine rings is 1. The Morgan fingerprint density at radius 1 is 1.14 bits per heavy atom. The third-order valence-corrected chi connectivity index (χ3v) is 5.41. The minimum Gasteiger partial charge on any atom is -0.493 e. The number of aryl methyl sites for hydroxylation is 2. The summed E-state index contributed by atoms with van der Waals surface area (Å²) in [7, 11) is 0. The van der Waals surface area contributed by atoms with Gasteiger partial charge in [-0.25, -0.2) is 4.98 Å². The lowest BCUT2D eigenvalue weighted by Crippen LogP contribution is -2.49. The van der Waals surface area contributed by atoms with Gasteiger partial charge in [0.2, 0.25) is 0 Å². The van der Waals surface area contributed by atoms with Crippen molar-refractivity contribution in [2.24, 2.45) is 0 Å². The fraction of sp³-hybridized carbons (Fsp3) is 0.400. The molecule has 0 N–H and O–H groups in total. The van der Waals surface area contributed by atoms with Crippen LogP contribution in [-0.2, 0) is 6.42 Å². The van der Waals surface area contributed by atoms with Crippen LogP contribution in [0.3, 0.4) is 0 Å². The summed E-state index contributed by atoms with van der Waals surface area (Å²) in [6.45, 7) is 5.55. The van der Waals surface area contributed by atoms with Crippen molar-refractivity contribution in [3.8, 4) is 5.75 Å². The molecular weight excluding hydrogens is 356 g/mol. The van der Waals surface area contributed by atoms with Crippen molar-refractivity contribution in [2.45, 2.75) is 19.8 Å². The number of carbonyl (C=O) groups is 1. The van der Waals surface area contributed by atoms with Crippen LogP contribution in [0.2, 0.25) is 0 Å². The Morgan fingerprint density at radius 2 is 2.00 bits per heavy atom. The van der Waals surface area contributed by atoms with Gasteiger partial charge in [-0.2, -0.15) is 14.6 Å². The highest BCUT2D eigenvalue weighted by atomic mass is 16.5. The molecule has 0 aliphatic carbocycles. The van der Waals surface area contributed by atoms with E-state index in [1.165, 1.54) is 6.33 Å². The average Bonchev–Trinajstić information content (AvgIpc) is 3.21. The molecule has 0 radical (unpaired) electrons. The van der Waals surface area contributed by atoms with Gasteiger partial charge in [0.05, 0.1) is 6.61 Å². The molecule has 0 saturated carbocycles. The molecule has 144 valence electrons. The van der Waals surface area contributed by atoms with E-state index in [4.69, 9.17) is 4.74 Å². The summed E-state index contributed by atoms with van der Waals surface area (Å²) in [4.78, 5) is 25.7. The zero-order valence-corrected chi connectivity index (χ0v) is 15.8. The van der Waals surface area contributed by atoms with Crippen molar-refractivity contribution in [2.75, 3.05) is 37.7 Å². The Kier molecular flexibility index (Phi) is 4.11. The van der Waals surface area contributed by atoms with Crippen molar-refractivity contribution in [1.29, 1.82) is 0 Å². The van der Waals surface area contributed by atoms with Crippen molar-refractivity contribution in [1.82, 2.24) is 24.5 Å². The molecule has 4 heterocycles. The summed E-state index contributed by atoms with van der Waals surface area (Å²) in [5, 5.41) is 4.29. The minimum atomic E-state index is 0.0878. The van der Waals surface area contributed by atoms with Crippen molar-refractivity contribution in [3.05, 3.63) is 47.4 Å². The number of aromatic nitrogens is 4. The number of nitrogens with zero attached hydrogens (tertiary/aromatic N) is 6. The number of ether oxygens (including phenoxy) is 1. The number of hydrogen-bond acceptors (Lipinski definition) is 6. The Morgan fingerprint density at radius 3 is 2.86 bits per heavy atom. The SMILES string of the molecule is Cc1cc(N2CCN(C(=O)c3ccc4c(c3)CCCO4)CC2)n2ncnc2n1. The van der Waals surface area contributed by atoms with Crippen molar-refractivity contribution in [3.63, 3.8) is 0 Å². The van der Waals surface area contributed by atoms with Gasteiger partial charge in [0.25, 0.3) is 11.7 Å². The van der Waals surface area contributed by atoms with Gasteiger partial charge >= 0.3 is 0 Å². The first-order valence-corrected chi connectivity index (χ1v) is 9.66. The van der Waals surface area contributed by atoms with Crippen LogP contribution in [-0.4, -0.2) is 63.2 Å². The quantitative estimate of drug-likeness (QED) is 0.676. The first-order chi connectivity index (χ1) is 13.7. The molecule has 2 aliphatic rings. The van der Waals surface area contributed by atoms with Crippen LogP contribution in [0.4, 0.5) is 5.82 Å². The molecule has 1 aromatic carbocycles. The topological polar surface area (TPSA) is 75.9 Å². The average molecular weight is 378 g/mol. The van der Waals surface area contributed by atoms with Crippen LogP contribution >= 0.6 is 0 Å². The normalized spacial score (nSPS) is 16.8. The summed E-state index contributed by atoms with van der Waals surface area (Å²) in [5.74, 6) is 2.57. The maximum absolute atomic E-state index is 13.0. The highest BCUT2D eigenvalue weighted by Gasteiger charge is 2.25.